The lowest BCUT2D eigenvalue weighted by molar-refractivity contribution is 0.0950. The zero-order valence-corrected chi connectivity index (χ0v) is 16.2. The molecule has 0 spiro atoms. The van der Waals surface area contributed by atoms with Crippen molar-refractivity contribution >= 4 is 34.1 Å². The number of hydrogen-bond donors (Lipinski definition) is 2. The first-order valence-electron chi connectivity index (χ1n) is 9.04. The van der Waals surface area contributed by atoms with Crippen molar-refractivity contribution in [3.8, 4) is 0 Å². The van der Waals surface area contributed by atoms with Crippen LogP contribution in [0.3, 0.4) is 0 Å². The highest BCUT2D eigenvalue weighted by atomic mass is 35.5. The van der Waals surface area contributed by atoms with Gasteiger partial charge in [-0.2, -0.15) is 0 Å². The van der Waals surface area contributed by atoms with Crippen LogP contribution >= 0.6 is 11.6 Å². The molecule has 0 aliphatic carbocycles. The maximum atomic E-state index is 12.5. The summed E-state index contributed by atoms with van der Waals surface area (Å²) in [5.41, 5.74) is 10.3. The minimum Gasteiger partial charge on any atom is -0.397 e. The molecule has 0 unspecified atom stereocenters. The molecule has 1 amide bonds. The third kappa shape index (κ3) is 4.67. The molecule has 144 valence electrons. The quantitative estimate of drug-likeness (QED) is 0.528. The van der Waals surface area contributed by atoms with E-state index in [9.17, 15) is 4.79 Å². The summed E-state index contributed by atoms with van der Waals surface area (Å²) in [5.74, 6) is -0.179. The molecule has 4 rings (SSSR count). The summed E-state index contributed by atoms with van der Waals surface area (Å²) >= 11 is 6.04. The summed E-state index contributed by atoms with van der Waals surface area (Å²) in [7, 11) is 0. The number of hydrogen-bond acceptors (Lipinski definition) is 5. The molecule has 0 bridgehead atoms. The van der Waals surface area contributed by atoms with Gasteiger partial charge in [-0.1, -0.05) is 17.7 Å². The summed E-state index contributed by atoms with van der Waals surface area (Å²) in [5, 5.41) is 4.43. The summed E-state index contributed by atoms with van der Waals surface area (Å²) < 4.78 is 0. The Kier molecular flexibility index (Phi) is 5.35. The average molecular weight is 404 g/mol. The molecule has 0 saturated heterocycles. The second-order valence-corrected chi connectivity index (χ2v) is 7.10. The Morgan fingerprint density at radius 3 is 2.69 bits per heavy atom. The number of benzene rings is 1. The number of nitrogen functional groups attached to an aromatic ring is 1. The SMILES string of the molecule is Nc1ccc(CNC(=O)c2ccnc(Cc3ccc4ncc(Cl)cc4c3)c2)nc1. The van der Waals surface area contributed by atoms with Crippen LogP contribution in [0.25, 0.3) is 10.9 Å². The van der Waals surface area contributed by atoms with Gasteiger partial charge in [-0.3, -0.25) is 19.7 Å². The summed E-state index contributed by atoms with van der Waals surface area (Å²) in [6.07, 6.45) is 5.44. The number of pyridine rings is 3. The number of amides is 1. The van der Waals surface area contributed by atoms with Crippen molar-refractivity contribution in [2.45, 2.75) is 13.0 Å². The van der Waals surface area contributed by atoms with Gasteiger partial charge >= 0.3 is 0 Å². The van der Waals surface area contributed by atoms with Gasteiger partial charge in [0.1, 0.15) is 0 Å². The number of halogens is 1. The van der Waals surface area contributed by atoms with Crippen molar-refractivity contribution in [2.24, 2.45) is 0 Å². The first-order chi connectivity index (χ1) is 14.1. The molecule has 4 aromatic rings. The number of carbonyl (C=O) groups excluding carboxylic acids is 1. The fraction of sp³-hybridized carbons (Fsp3) is 0.0909. The number of nitrogens with zero attached hydrogens (tertiary/aromatic N) is 3. The van der Waals surface area contributed by atoms with Crippen molar-refractivity contribution in [3.05, 3.63) is 94.7 Å². The largest absolute Gasteiger partial charge is 0.397 e. The minimum absolute atomic E-state index is 0.179. The normalized spacial score (nSPS) is 10.8. The predicted octanol–water partition coefficient (Wildman–Crippen LogP) is 3.78. The molecule has 0 radical (unpaired) electrons. The topological polar surface area (TPSA) is 93.8 Å². The van der Waals surface area contributed by atoms with Crippen LogP contribution < -0.4 is 11.1 Å². The van der Waals surface area contributed by atoms with E-state index in [1.54, 1.807) is 42.9 Å². The zero-order valence-electron chi connectivity index (χ0n) is 15.5. The smallest absolute Gasteiger partial charge is 0.251 e. The fourth-order valence-electron chi connectivity index (χ4n) is 3.00. The monoisotopic (exact) mass is 403 g/mol. The van der Waals surface area contributed by atoms with Crippen molar-refractivity contribution in [2.75, 3.05) is 5.73 Å². The molecule has 3 heterocycles. The third-order valence-corrected chi connectivity index (χ3v) is 4.66. The molecule has 3 aromatic heterocycles. The van der Waals surface area contributed by atoms with Crippen molar-refractivity contribution in [1.29, 1.82) is 0 Å². The first kappa shape index (κ1) is 18.8. The Balaban J connectivity index is 1.46. The molecular formula is C22H18ClN5O. The Labute approximate surface area is 172 Å². The lowest BCUT2D eigenvalue weighted by Crippen LogP contribution is -2.23. The Bertz CT molecular complexity index is 1180. The van der Waals surface area contributed by atoms with Crippen LogP contribution in [-0.2, 0) is 13.0 Å². The van der Waals surface area contributed by atoms with Crippen molar-refractivity contribution < 1.29 is 4.79 Å². The van der Waals surface area contributed by atoms with Crippen LogP contribution in [0.4, 0.5) is 5.69 Å². The number of nitrogens with one attached hydrogen (secondary N) is 1. The van der Waals surface area contributed by atoms with Gasteiger partial charge in [0.15, 0.2) is 0 Å². The Morgan fingerprint density at radius 1 is 0.966 bits per heavy atom. The maximum absolute atomic E-state index is 12.5. The Hall–Kier alpha value is -3.51. The number of fused-ring (bicyclic) bond motifs is 1. The summed E-state index contributed by atoms with van der Waals surface area (Å²) in [6, 6.07) is 14.9. The first-order valence-corrected chi connectivity index (χ1v) is 9.42. The van der Waals surface area contributed by atoms with Crippen molar-refractivity contribution in [3.63, 3.8) is 0 Å². The van der Waals surface area contributed by atoms with E-state index < -0.39 is 0 Å². The average Bonchev–Trinajstić information content (AvgIpc) is 2.73. The van der Waals surface area contributed by atoms with Gasteiger partial charge in [-0.15, -0.1) is 0 Å². The zero-order chi connectivity index (χ0) is 20.2. The van der Waals surface area contributed by atoms with Gasteiger partial charge in [0, 0.05) is 35.5 Å². The number of anilines is 1. The molecule has 1 aromatic carbocycles. The molecule has 0 saturated carbocycles. The van der Waals surface area contributed by atoms with Crippen LogP contribution in [0.1, 0.15) is 27.3 Å². The standard InChI is InChI=1S/C22H18ClN5O/c23-17-9-16-7-14(1-4-21(16)27-11-17)8-20-10-15(5-6-25-20)22(29)28-13-19-3-2-18(24)12-26-19/h1-7,9-12H,8,13,24H2,(H,28,29). The van der Waals surface area contributed by atoms with Gasteiger partial charge in [0.25, 0.3) is 5.91 Å². The molecule has 0 fully saturated rings. The fourth-order valence-corrected chi connectivity index (χ4v) is 3.17. The van der Waals surface area contributed by atoms with Crippen LogP contribution in [0, 0.1) is 0 Å². The van der Waals surface area contributed by atoms with Gasteiger partial charge in [0.2, 0.25) is 0 Å². The van der Waals surface area contributed by atoms with E-state index in [0.717, 1.165) is 27.9 Å². The third-order valence-electron chi connectivity index (χ3n) is 4.45. The Morgan fingerprint density at radius 2 is 1.86 bits per heavy atom. The van der Waals surface area contributed by atoms with Gasteiger partial charge in [0.05, 0.1) is 34.7 Å². The summed E-state index contributed by atoms with van der Waals surface area (Å²) in [4.78, 5) is 25.4. The van der Waals surface area contributed by atoms with E-state index in [4.69, 9.17) is 17.3 Å². The molecule has 0 aliphatic heterocycles. The maximum Gasteiger partial charge on any atom is 0.251 e. The molecular weight excluding hydrogens is 386 g/mol. The van der Waals surface area contributed by atoms with E-state index in [-0.39, 0.29) is 5.91 Å². The number of carbonyl (C=O) groups is 1. The molecule has 7 heteroatoms. The number of rotatable bonds is 5. The molecule has 3 N–H and O–H groups in total. The van der Waals surface area contributed by atoms with Gasteiger partial charge < -0.3 is 11.1 Å². The molecule has 0 aliphatic rings. The molecule has 6 nitrogen and oxygen atoms in total. The molecule has 29 heavy (non-hydrogen) atoms. The summed E-state index contributed by atoms with van der Waals surface area (Å²) in [6.45, 7) is 0.329. The van der Waals surface area contributed by atoms with Gasteiger partial charge in [-0.05, 0) is 48.0 Å². The van der Waals surface area contributed by atoms with Gasteiger partial charge in [-0.25, -0.2) is 0 Å². The lowest BCUT2D eigenvalue weighted by Gasteiger charge is -2.07. The van der Waals surface area contributed by atoms with E-state index in [1.165, 1.54) is 0 Å². The van der Waals surface area contributed by atoms with Crippen LogP contribution in [-0.4, -0.2) is 20.9 Å². The predicted molar refractivity (Wildman–Crippen MR) is 114 cm³/mol. The van der Waals surface area contributed by atoms with E-state index in [0.29, 0.717) is 29.2 Å². The lowest BCUT2D eigenvalue weighted by atomic mass is 10.0. The molecule has 0 atom stereocenters. The second-order valence-electron chi connectivity index (χ2n) is 6.66. The van der Waals surface area contributed by atoms with E-state index in [2.05, 4.69) is 20.3 Å². The van der Waals surface area contributed by atoms with Crippen LogP contribution in [0.15, 0.2) is 67.1 Å². The van der Waals surface area contributed by atoms with E-state index >= 15 is 0 Å². The van der Waals surface area contributed by atoms with Crippen LogP contribution in [0.2, 0.25) is 5.02 Å². The highest BCUT2D eigenvalue weighted by molar-refractivity contribution is 6.31. The van der Waals surface area contributed by atoms with E-state index in [1.807, 2.05) is 24.3 Å². The number of nitrogens with two attached hydrogens (primary N) is 1. The minimum atomic E-state index is -0.179. The van der Waals surface area contributed by atoms with Crippen molar-refractivity contribution in [1.82, 2.24) is 20.3 Å². The second kappa shape index (κ2) is 8.24. The highest BCUT2D eigenvalue weighted by Gasteiger charge is 2.08. The highest BCUT2D eigenvalue weighted by Crippen LogP contribution is 2.20. The number of aromatic nitrogens is 3. The van der Waals surface area contributed by atoms with Crippen LogP contribution in [0.5, 0.6) is 0 Å².